The highest BCUT2D eigenvalue weighted by Crippen LogP contribution is 2.66. The summed E-state index contributed by atoms with van der Waals surface area (Å²) in [5.41, 5.74) is 0.733. The van der Waals surface area contributed by atoms with Crippen molar-refractivity contribution >= 4 is 12.3 Å². The molecule has 0 aromatic heterocycles. The number of rotatable bonds is 3. The Labute approximate surface area is 190 Å². The quantitative estimate of drug-likeness (QED) is 0.629. The molecule has 0 aromatic rings. The fraction of sp³-hybridized carbons (Fsp3) is 0.760. The lowest BCUT2D eigenvalue weighted by Gasteiger charge is -2.58. The monoisotopic (exact) mass is 448 g/mol. The van der Waals surface area contributed by atoms with Crippen molar-refractivity contribution in [3.8, 4) is 0 Å². The third-order valence-corrected chi connectivity index (χ3v) is 9.18. The van der Waals surface area contributed by atoms with Gasteiger partial charge in [-0.25, -0.2) is 9.59 Å². The average molecular weight is 449 g/mol. The molecule has 0 aromatic carbocycles. The molecule has 7 heteroatoms. The van der Waals surface area contributed by atoms with E-state index in [1.54, 1.807) is 0 Å². The maximum atomic E-state index is 12.2. The van der Waals surface area contributed by atoms with Crippen LogP contribution in [0.4, 0.5) is 9.59 Å². The van der Waals surface area contributed by atoms with E-state index in [0.29, 0.717) is 30.1 Å². The summed E-state index contributed by atoms with van der Waals surface area (Å²) >= 11 is 0. The highest BCUT2D eigenvalue weighted by Gasteiger charge is 2.61. The van der Waals surface area contributed by atoms with Crippen molar-refractivity contribution in [1.29, 1.82) is 0 Å². The van der Waals surface area contributed by atoms with Crippen LogP contribution in [-0.2, 0) is 18.9 Å². The second-order valence-corrected chi connectivity index (χ2v) is 10.4. The summed E-state index contributed by atoms with van der Waals surface area (Å²) in [5.74, 6) is 1.44. The summed E-state index contributed by atoms with van der Waals surface area (Å²) in [6.45, 7) is 6.45. The zero-order valence-corrected chi connectivity index (χ0v) is 19.7. The van der Waals surface area contributed by atoms with Gasteiger partial charge >= 0.3 is 12.3 Å². The summed E-state index contributed by atoms with van der Waals surface area (Å²) in [5, 5.41) is 10.4. The summed E-state index contributed by atoms with van der Waals surface area (Å²) in [7, 11) is 2.58. The molecule has 1 unspecified atom stereocenters. The summed E-state index contributed by atoms with van der Waals surface area (Å²) in [4.78, 5) is 23.9. The highest BCUT2D eigenvalue weighted by atomic mass is 16.7. The zero-order chi connectivity index (χ0) is 23.3. The molecule has 4 aliphatic rings. The lowest BCUT2D eigenvalue weighted by atomic mass is 9.47. The lowest BCUT2D eigenvalue weighted by molar-refractivity contribution is -0.0995. The van der Waals surface area contributed by atoms with Crippen molar-refractivity contribution < 1.29 is 33.6 Å². The number of ether oxygens (including phenoxy) is 4. The van der Waals surface area contributed by atoms with Gasteiger partial charge < -0.3 is 24.1 Å². The molecular weight excluding hydrogens is 412 g/mol. The number of aliphatic hydroxyl groups is 1. The molecule has 0 heterocycles. The van der Waals surface area contributed by atoms with Crippen LogP contribution in [0.15, 0.2) is 23.8 Å². The van der Waals surface area contributed by atoms with Gasteiger partial charge in [-0.15, -0.1) is 0 Å². The molecule has 2 fully saturated rings. The average Bonchev–Trinajstić information content (AvgIpc) is 3.11. The van der Waals surface area contributed by atoms with Crippen LogP contribution in [0.1, 0.15) is 52.9 Å². The van der Waals surface area contributed by atoms with Gasteiger partial charge in [-0.05, 0) is 73.3 Å². The van der Waals surface area contributed by atoms with E-state index in [0.717, 1.165) is 31.3 Å². The number of allylic oxidation sites excluding steroid dienone is 2. The van der Waals surface area contributed by atoms with Gasteiger partial charge in [0, 0.05) is 11.8 Å². The number of hydrogen-bond donors (Lipinski definition) is 1. The predicted molar refractivity (Wildman–Crippen MR) is 117 cm³/mol. The Morgan fingerprint density at radius 3 is 2.41 bits per heavy atom. The van der Waals surface area contributed by atoms with Crippen molar-refractivity contribution in [1.82, 2.24) is 0 Å². The maximum absolute atomic E-state index is 12.2. The van der Waals surface area contributed by atoms with Gasteiger partial charge in [0.25, 0.3) is 0 Å². The third-order valence-electron chi connectivity index (χ3n) is 9.18. The van der Waals surface area contributed by atoms with Crippen LogP contribution in [0.3, 0.4) is 0 Å². The molecule has 0 aliphatic heterocycles. The number of hydrogen-bond acceptors (Lipinski definition) is 7. The Morgan fingerprint density at radius 1 is 1.06 bits per heavy atom. The molecule has 9 atom stereocenters. The van der Waals surface area contributed by atoms with Crippen molar-refractivity contribution in [3.63, 3.8) is 0 Å². The second kappa shape index (κ2) is 8.40. The number of aliphatic hydroxyl groups excluding tert-OH is 1. The molecule has 0 bridgehead atoms. The number of fused-ring (bicyclic) bond motifs is 5. The number of carbonyl (C=O) groups is 2. The van der Waals surface area contributed by atoms with Crippen LogP contribution in [0.25, 0.3) is 0 Å². The summed E-state index contributed by atoms with van der Waals surface area (Å²) in [6, 6.07) is 0. The summed E-state index contributed by atoms with van der Waals surface area (Å²) < 4.78 is 20.7. The molecule has 4 rings (SSSR count). The number of carbonyl (C=O) groups excluding carboxylic acids is 2. The van der Waals surface area contributed by atoms with Crippen molar-refractivity contribution in [2.45, 2.75) is 71.2 Å². The molecule has 4 aliphatic carbocycles. The predicted octanol–water partition coefficient (Wildman–Crippen LogP) is 4.64. The van der Waals surface area contributed by atoms with E-state index in [1.807, 2.05) is 13.0 Å². The van der Waals surface area contributed by atoms with Crippen LogP contribution < -0.4 is 0 Å². The van der Waals surface area contributed by atoms with E-state index in [2.05, 4.69) is 30.7 Å². The first kappa shape index (κ1) is 23.1. The Morgan fingerprint density at radius 2 is 1.75 bits per heavy atom. The first-order valence-corrected chi connectivity index (χ1v) is 11.7. The molecular formula is C25H36O7. The van der Waals surface area contributed by atoms with Crippen LogP contribution >= 0.6 is 0 Å². The minimum Gasteiger partial charge on any atom is -0.438 e. The maximum Gasteiger partial charge on any atom is 0.508 e. The normalized spacial score (nSPS) is 43.1. The van der Waals surface area contributed by atoms with Crippen LogP contribution in [0.5, 0.6) is 0 Å². The van der Waals surface area contributed by atoms with Gasteiger partial charge in [0.2, 0.25) is 0 Å². The minimum absolute atomic E-state index is 0.112. The molecule has 7 nitrogen and oxygen atoms in total. The fourth-order valence-electron chi connectivity index (χ4n) is 7.58. The van der Waals surface area contributed by atoms with Gasteiger partial charge in [-0.3, -0.25) is 0 Å². The molecule has 0 spiro atoms. The van der Waals surface area contributed by atoms with E-state index in [-0.39, 0.29) is 11.5 Å². The molecule has 1 N–H and O–H groups in total. The zero-order valence-electron chi connectivity index (χ0n) is 19.7. The van der Waals surface area contributed by atoms with E-state index >= 15 is 0 Å². The number of methoxy groups -OCH3 is 2. The summed E-state index contributed by atoms with van der Waals surface area (Å²) in [6.07, 6.45) is 8.13. The van der Waals surface area contributed by atoms with Gasteiger partial charge in [0.15, 0.2) is 0 Å². The molecule has 2 saturated carbocycles. The molecule has 0 saturated heterocycles. The fourth-order valence-corrected chi connectivity index (χ4v) is 7.58. The Bertz CT molecular complexity index is 817. The van der Waals surface area contributed by atoms with Crippen LogP contribution in [0.2, 0.25) is 0 Å². The van der Waals surface area contributed by atoms with Crippen molar-refractivity contribution in [2.75, 3.05) is 14.2 Å². The van der Waals surface area contributed by atoms with Gasteiger partial charge in [0.1, 0.15) is 12.2 Å². The van der Waals surface area contributed by atoms with E-state index in [1.165, 1.54) is 14.2 Å². The van der Waals surface area contributed by atoms with Gasteiger partial charge in [-0.1, -0.05) is 26.0 Å². The highest BCUT2D eigenvalue weighted by molar-refractivity contribution is 5.61. The van der Waals surface area contributed by atoms with Crippen LogP contribution in [0, 0.1) is 34.5 Å². The SMILES string of the molecule is COC(=O)O[C@@H]1C=C2C=C[C@H]3[C@@H]4CC[C@H](C(C)O)[C@@]4(C)CC[C@@H]3[C@@]2(C)[C@@H](OC(=O)OC)C1. The lowest BCUT2D eigenvalue weighted by Crippen LogP contribution is -2.55. The topological polar surface area (TPSA) is 91.3 Å². The Kier molecular flexibility index (Phi) is 6.07. The van der Waals surface area contributed by atoms with Gasteiger partial charge in [-0.2, -0.15) is 0 Å². The van der Waals surface area contributed by atoms with Crippen molar-refractivity contribution in [3.05, 3.63) is 23.8 Å². The van der Waals surface area contributed by atoms with Crippen molar-refractivity contribution in [2.24, 2.45) is 34.5 Å². The first-order chi connectivity index (χ1) is 15.1. The molecule has 178 valence electrons. The van der Waals surface area contributed by atoms with Gasteiger partial charge in [0.05, 0.1) is 20.3 Å². The largest absolute Gasteiger partial charge is 0.508 e. The second-order valence-electron chi connectivity index (χ2n) is 10.4. The minimum atomic E-state index is -0.756. The Balaban J connectivity index is 1.70. The molecule has 32 heavy (non-hydrogen) atoms. The van der Waals surface area contributed by atoms with E-state index in [9.17, 15) is 14.7 Å². The first-order valence-electron chi connectivity index (χ1n) is 11.7. The standard InChI is InChI=1S/C25H36O7/c1-14(26)18-8-9-19-17-7-6-15-12-16(31-22(27)29-4)13-21(32-23(28)30-5)25(15,3)20(17)10-11-24(18,19)2/h6-7,12,14,16-21,26H,8-11,13H2,1-5H3/t14?,16-,17+,18-,19+,20+,21+,24-,25+/m1/s1. The third kappa shape index (κ3) is 3.53. The van der Waals surface area contributed by atoms with Crippen LogP contribution in [-0.4, -0.2) is 49.9 Å². The van der Waals surface area contributed by atoms with E-state index in [4.69, 9.17) is 14.2 Å². The Hall–Kier alpha value is -2.02. The smallest absolute Gasteiger partial charge is 0.438 e. The molecule has 0 radical (unpaired) electrons. The van der Waals surface area contributed by atoms with E-state index < -0.39 is 29.9 Å². The molecule has 0 amide bonds.